The number of carbonyl (C=O) groups is 2. The molecule has 1 amide bonds. The van der Waals surface area contributed by atoms with Gasteiger partial charge in [-0.15, -0.1) is 0 Å². The van der Waals surface area contributed by atoms with Crippen molar-refractivity contribution in [3.05, 3.63) is 68.7 Å². The van der Waals surface area contributed by atoms with Crippen LogP contribution < -0.4 is 5.32 Å². The molecule has 7 heteroatoms. The molecule has 0 heterocycles. The fourth-order valence-corrected chi connectivity index (χ4v) is 2.24. The quantitative estimate of drug-likeness (QED) is 0.745. The van der Waals surface area contributed by atoms with Crippen LogP contribution in [-0.2, 0) is 4.79 Å². The van der Waals surface area contributed by atoms with Gasteiger partial charge >= 0.3 is 5.97 Å². The topological polar surface area (TPSA) is 66.4 Å². The van der Waals surface area contributed by atoms with Crippen molar-refractivity contribution in [2.75, 3.05) is 5.32 Å². The number of benzene rings is 2. The number of nitrogens with one attached hydrogen (secondary N) is 1. The molecule has 0 aliphatic carbocycles. The van der Waals surface area contributed by atoms with Crippen molar-refractivity contribution >= 4 is 58.4 Å². The molecule has 4 nitrogen and oxygen atoms in total. The van der Waals surface area contributed by atoms with Crippen molar-refractivity contribution in [1.29, 1.82) is 0 Å². The van der Waals surface area contributed by atoms with Crippen molar-refractivity contribution in [2.24, 2.45) is 0 Å². The lowest BCUT2D eigenvalue weighted by Gasteiger charge is -2.07. The van der Waals surface area contributed by atoms with Crippen LogP contribution in [0.25, 0.3) is 6.08 Å². The predicted octanol–water partition coefficient (Wildman–Crippen LogP) is 5.00. The lowest BCUT2D eigenvalue weighted by molar-refractivity contribution is -0.111. The third kappa shape index (κ3) is 4.73. The van der Waals surface area contributed by atoms with E-state index in [4.69, 9.17) is 39.9 Å². The lowest BCUT2D eigenvalue weighted by Crippen LogP contribution is -2.12. The van der Waals surface area contributed by atoms with E-state index < -0.39 is 11.9 Å². The van der Waals surface area contributed by atoms with Crippen LogP contribution in [0.5, 0.6) is 0 Å². The fraction of sp³-hybridized carbons (Fsp3) is 0. The third-order valence-corrected chi connectivity index (χ3v) is 3.81. The van der Waals surface area contributed by atoms with Crippen LogP contribution >= 0.6 is 34.8 Å². The third-order valence-electron chi connectivity index (χ3n) is 2.84. The number of carbonyl (C=O) groups excluding carboxylic acids is 1. The van der Waals surface area contributed by atoms with Gasteiger partial charge in [-0.2, -0.15) is 0 Å². The lowest BCUT2D eigenvalue weighted by atomic mass is 10.1. The Balaban J connectivity index is 2.15. The Bertz CT molecular complexity index is 803. The van der Waals surface area contributed by atoms with Crippen molar-refractivity contribution in [2.45, 2.75) is 0 Å². The number of halogens is 3. The van der Waals surface area contributed by atoms with Crippen LogP contribution in [0.3, 0.4) is 0 Å². The van der Waals surface area contributed by atoms with Gasteiger partial charge in [-0.05, 0) is 42.0 Å². The molecule has 2 N–H and O–H groups in total. The predicted molar refractivity (Wildman–Crippen MR) is 92.5 cm³/mol. The second-order valence-corrected chi connectivity index (χ2v) is 5.74. The molecular weight excluding hydrogens is 361 g/mol. The van der Waals surface area contributed by atoms with Crippen LogP contribution in [0.4, 0.5) is 5.69 Å². The Hall–Kier alpha value is -2.01. The number of hydrogen-bond donors (Lipinski definition) is 2. The SMILES string of the molecule is O=C(C=Cc1ccc(Cl)c(Cl)c1)Nc1ccc(Cl)cc1C(=O)O. The van der Waals surface area contributed by atoms with E-state index in [9.17, 15) is 9.59 Å². The molecule has 0 saturated carbocycles. The fourth-order valence-electron chi connectivity index (χ4n) is 1.76. The first-order valence-electron chi connectivity index (χ1n) is 6.34. The zero-order valence-electron chi connectivity index (χ0n) is 11.5. The molecular formula is C16H10Cl3NO3. The van der Waals surface area contributed by atoms with E-state index in [0.29, 0.717) is 15.6 Å². The summed E-state index contributed by atoms with van der Waals surface area (Å²) in [7, 11) is 0. The first-order valence-corrected chi connectivity index (χ1v) is 7.47. The molecule has 0 aliphatic rings. The highest BCUT2D eigenvalue weighted by molar-refractivity contribution is 6.42. The van der Waals surface area contributed by atoms with E-state index in [1.165, 1.54) is 30.4 Å². The average molecular weight is 371 g/mol. The van der Waals surface area contributed by atoms with E-state index >= 15 is 0 Å². The summed E-state index contributed by atoms with van der Waals surface area (Å²) in [5, 5.41) is 12.7. The smallest absolute Gasteiger partial charge is 0.337 e. The summed E-state index contributed by atoms with van der Waals surface area (Å²) in [6, 6.07) is 9.11. The number of amides is 1. The highest BCUT2D eigenvalue weighted by atomic mass is 35.5. The minimum Gasteiger partial charge on any atom is -0.478 e. The molecule has 0 bridgehead atoms. The minimum atomic E-state index is -1.18. The summed E-state index contributed by atoms with van der Waals surface area (Å²) in [4.78, 5) is 23.1. The van der Waals surface area contributed by atoms with E-state index in [0.717, 1.165) is 0 Å². The van der Waals surface area contributed by atoms with Crippen molar-refractivity contribution < 1.29 is 14.7 Å². The maximum atomic E-state index is 11.9. The molecule has 0 radical (unpaired) electrons. The molecule has 2 rings (SSSR count). The monoisotopic (exact) mass is 369 g/mol. The zero-order valence-corrected chi connectivity index (χ0v) is 13.8. The molecule has 118 valence electrons. The van der Waals surface area contributed by atoms with E-state index in [2.05, 4.69) is 5.32 Å². The second-order valence-electron chi connectivity index (χ2n) is 4.49. The Labute approximate surface area is 147 Å². The molecule has 0 aliphatic heterocycles. The van der Waals surface area contributed by atoms with Gasteiger partial charge in [-0.1, -0.05) is 40.9 Å². The summed E-state index contributed by atoms with van der Waals surface area (Å²) < 4.78 is 0. The van der Waals surface area contributed by atoms with Crippen molar-refractivity contribution in [3.8, 4) is 0 Å². The highest BCUT2D eigenvalue weighted by Gasteiger charge is 2.12. The van der Waals surface area contributed by atoms with E-state index in [1.54, 1.807) is 18.2 Å². The second kappa shape index (κ2) is 7.51. The Kier molecular flexibility index (Phi) is 5.66. The van der Waals surface area contributed by atoms with Crippen molar-refractivity contribution in [1.82, 2.24) is 0 Å². The normalized spacial score (nSPS) is 10.7. The molecule has 2 aromatic rings. The first kappa shape index (κ1) is 17.3. The maximum Gasteiger partial charge on any atom is 0.337 e. The van der Waals surface area contributed by atoms with Gasteiger partial charge in [0.05, 0.1) is 21.3 Å². The van der Waals surface area contributed by atoms with Crippen LogP contribution in [0.1, 0.15) is 15.9 Å². The summed E-state index contributed by atoms with van der Waals surface area (Å²) >= 11 is 17.4. The molecule has 0 spiro atoms. The molecule has 0 saturated heterocycles. The molecule has 0 aromatic heterocycles. The van der Waals surface area contributed by atoms with Crippen LogP contribution in [0.15, 0.2) is 42.5 Å². The first-order chi connectivity index (χ1) is 10.9. The minimum absolute atomic E-state index is 0.0891. The molecule has 0 atom stereocenters. The molecule has 2 aromatic carbocycles. The average Bonchev–Trinajstić information content (AvgIpc) is 2.50. The number of carboxylic acid groups (broad SMARTS) is 1. The standard InChI is InChI=1S/C16H10Cl3NO3/c17-10-3-5-14(11(8-10)16(22)23)20-15(21)6-2-9-1-4-12(18)13(19)7-9/h1-8H,(H,20,21)(H,22,23). The highest BCUT2D eigenvalue weighted by Crippen LogP contribution is 2.23. The van der Waals surface area contributed by atoms with Crippen LogP contribution in [-0.4, -0.2) is 17.0 Å². The Morgan fingerprint density at radius 3 is 2.39 bits per heavy atom. The number of anilines is 1. The van der Waals surface area contributed by atoms with Gasteiger partial charge < -0.3 is 10.4 Å². The zero-order chi connectivity index (χ0) is 17.0. The van der Waals surface area contributed by atoms with E-state index in [-0.39, 0.29) is 16.3 Å². The molecule has 0 fully saturated rings. The van der Waals surface area contributed by atoms with Gasteiger partial charge in [0.15, 0.2) is 0 Å². The molecule has 0 unspecified atom stereocenters. The summed E-state index contributed by atoms with van der Waals surface area (Å²) in [6.07, 6.45) is 2.80. The van der Waals surface area contributed by atoms with Gasteiger partial charge in [0.1, 0.15) is 0 Å². The summed E-state index contributed by atoms with van der Waals surface area (Å²) in [5.41, 5.74) is 0.753. The van der Waals surface area contributed by atoms with Gasteiger partial charge in [-0.25, -0.2) is 4.79 Å². The van der Waals surface area contributed by atoms with Crippen LogP contribution in [0, 0.1) is 0 Å². The summed E-state index contributed by atoms with van der Waals surface area (Å²) in [6.45, 7) is 0. The molecule has 23 heavy (non-hydrogen) atoms. The van der Waals surface area contributed by atoms with Gasteiger partial charge in [0.2, 0.25) is 5.91 Å². The van der Waals surface area contributed by atoms with Crippen LogP contribution in [0.2, 0.25) is 15.1 Å². The number of aromatic carboxylic acids is 1. The Morgan fingerprint density at radius 2 is 1.74 bits per heavy atom. The van der Waals surface area contributed by atoms with Gasteiger partial charge in [0.25, 0.3) is 0 Å². The Morgan fingerprint density at radius 1 is 1.00 bits per heavy atom. The van der Waals surface area contributed by atoms with E-state index in [1.807, 2.05) is 0 Å². The number of rotatable bonds is 4. The maximum absolute atomic E-state index is 11.9. The van der Waals surface area contributed by atoms with Crippen molar-refractivity contribution in [3.63, 3.8) is 0 Å². The number of hydrogen-bond acceptors (Lipinski definition) is 2. The summed E-state index contributed by atoms with van der Waals surface area (Å²) in [5.74, 6) is -1.67. The number of carboxylic acids is 1. The largest absolute Gasteiger partial charge is 0.478 e. The van der Waals surface area contributed by atoms with Gasteiger partial charge in [0, 0.05) is 11.1 Å². The van der Waals surface area contributed by atoms with Gasteiger partial charge in [-0.3, -0.25) is 4.79 Å².